The van der Waals surface area contributed by atoms with Gasteiger partial charge in [0.1, 0.15) is 0 Å². The quantitative estimate of drug-likeness (QED) is 0.934. The predicted molar refractivity (Wildman–Crippen MR) is 93.9 cm³/mol. The minimum atomic E-state index is -0.686. The molecule has 2 aromatic rings. The lowest BCUT2D eigenvalue weighted by atomic mass is 9.90. The number of piperidine rings is 1. The SMILES string of the molecule is Cc1cccc(C(c2ccncc2C)N2CCCC(C(=O)O)C2)c1. The monoisotopic (exact) mass is 324 g/mol. The number of hydrogen-bond acceptors (Lipinski definition) is 3. The second-order valence-corrected chi connectivity index (χ2v) is 6.72. The largest absolute Gasteiger partial charge is 0.481 e. The molecule has 1 aromatic carbocycles. The summed E-state index contributed by atoms with van der Waals surface area (Å²) in [7, 11) is 0. The average Bonchev–Trinajstić information content (AvgIpc) is 2.57. The first-order valence-corrected chi connectivity index (χ1v) is 8.50. The Bertz CT molecular complexity index is 729. The fourth-order valence-electron chi connectivity index (χ4n) is 3.66. The molecule has 0 saturated carbocycles. The normalized spacial score (nSPS) is 19.8. The third kappa shape index (κ3) is 3.49. The molecule has 0 aliphatic carbocycles. The van der Waals surface area contributed by atoms with E-state index in [0.29, 0.717) is 6.54 Å². The predicted octanol–water partition coefficient (Wildman–Crippen LogP) is 3.58. The standard InChI is InChI=1S/C20H24N2O2/c1-14-5-3-6-16(11-14)19(18-8-9-21-12-15(18)2)22-10-4-7-17(13-22)20(23)24/h3,5-6,8-9,11-12,17,19H,4,7,10,13H2,1-2H3,(H,23,24). The zero-order valence-corrected chi connectivity index (χ0v) is 14.3. The van der Waals surface area contributed by atoms with Gasteiger partial charge in [-0.3, -0.25) is 14.7 Å². The summed E-state index contributed by atoms with van der Waals surface area (Å²) in [5.41, 5.74) is 4.79. The molecule has 1 aliphatic rings. The maximum atomic E-state index is 11.5. The molecule has 126 valence electrons. The topological polar surface area (TPSA) is 53.4 Å². The molecular weight excluding hydrogens is 300 g/mol. The van der Waals surface area contributed by atoms with E-state index in [1.54, 1.807) is 0 Å². The molecule has 4 nitrogen and oxygen atoms in total. The van der Waals surface area contributed by atoms with Crippen LogP contribution in [0, 0.1) is 19.8 Å². The third-order valence-electron chi connectivity index (χ3n) is 4.88. The van der Waals surface area contributed by atoms with Crippen molar-refractivity contribution in [3.05, 3.63) is 65.0 Å². The first-order valence-electron chi connectivity index (χ1n) is 8.50. The summed E-state index contributed by atoms with van der Waals surface area (Å²) < 4.78 is 0. The maximum absolute atomic E-state index is 11.5. The van der Waals surface area contributed by atoms with Crippen molar-refractivity contribution in [3.8, 4) is 0 Å². The Morgan fingerprint density at radius 2 is 2.17 bits per heavy atom. The Balaban J connectivity index is 2.02. The minimum Gasteiger partial charge on any atom is -0.481 e. The lowest BCUT2D eigenvalue weighted by Gasteiger charge is -2.38. The number of rotatable bonds is 4. The molecule has 1 fully saturated rings. The number of aliphatic carboxylic acids is 1. The lowest BCUT2D eigenvalue weighted by molar-refractivity contribution is -0.143. The fourth-order valence-corrected chi connectivity index (χ4v) is 3.66. The van der Waals surface area contributed by atoms with Gasteiger partial charge in [-0.2, -0.15) is 0 Å². The molecular formula is C20H24N2O2. The Hall–Kier alpha value is -2.20. The van der Waals surface area contributed by atoms with Crippen LogP contribution in [-0.2, 0) is 4.79 Å². The summed E-state index contributed by atoms with van der Waals surface area (Å²) in [5, 5.41) is 9.44. The molecule has 0 spiro atoms. The highest BCUT2D eigenvalue weighted by Crippen LogP contribution is 2.34. The molecule has 1 N–H and O–H groups in total. The summed E-state index contributed by atoms with van der Waals surface area (Å²) in [5.74, 6) is -0.970. The molecule has 0 bridgehead atoms. The van der Waals surface area contributed by atoms with E-state index in [-0.39, 0.29) is 12.0 Å². The molecule has 24 heavy (non-hydrogen) atoms. The first kappa shape index (κ1) is 16.7. The molecule has 0 radical (unpaired) electrons. The summed E-state index contributed by atoms with van der Waals surface area (Å²) in [6, 6.07) is 10.7. The number of carbonyl (C=O) groups is 1. The summed E-state index contributed by atoms with van der Waals surface area (Å²) in [6.07, 6.45) is 5.39. The van der Waals surface area contributed by atoms with E-state index >= 15 is 0 Å². The zero-order valence-electron chi connectivity index (χ0n) is 14.3. The summed E-state index contributed by atoms with van der Waals surface area (Å²) in [6.45, 7) is 5.68. The number of benzene rings is 1. The molecule has 4 heteroatoms. The number of nitrogens with zero attached hydrogens (tertiary/aromatic N) is 2. The Morgan fingerprint density at radius 1 is 1.33 bits per heavy atom. The van der Waals surface area contributed by atoms with Gasteiger partial charge >= 0.3 is 5.97 Å². The maximum Gasteiger partial charge on any atom is 0.307 e. The van der Waals surface area contributed by atoms with Crippen LogP contribution in [0.15, 0.2) is 42.7 Å². The van der Waals surface area contributed by atoms with Gasteiger partial charge in [-0.15, -0.1) is 0 Å². The molecule has 1 saturated heterocycles. The molecule has 2 atom stereocenters. The van der Waals surface area contributed by atoms with E-state index in [4.69, 9.17) is 0 Å². The smallest absolute Gasteiger partial charge is 0.307 e. The van der Waals surface area contributed by atoms with Gasteiger partial charge in [0.15, 0.2) is 0 Å². The molecule has 1 aliphatic heterocycles. The number of aromatic nitrogens is 1. The molecule has 2 unspecified atom stereocenters. The second kappa shape index (κ2) is 7.14. The fraction of sp³-hybridized carbons (Fsp3) is 0.400. The van der Waals surface area contributed by atoms with Crippen molar-refractivity contribution < 1.29 is 9.90 Å². The van der Waals surface area contributed by atoms with Crippen LogP contribution in [0.1, 0.15) is 41.1 Å². The summed E-state index contributed by atoms with van der Waals surface area (Å²) in [4.78, 5) is 18.0. The van der Waals surface area contributed by atoms with E-state index in [0.717, 1.165) is 24.9 Å². The minimum absolute atomic E-state index is 0.0787. The van der Waals surface area contributed by atoms with E-state index in [1.807, 2.05) is 12.4 Å². The van der Waals surface area contributed by atoms with E-state index in [2.05, 4.69) is 54.1 Å². The van der Waals surface area contributed by atoms with Crippen LogP contribution < -0.4 is 0 Å². The van der Waals surface area contributed by atoms with Crippen LogP contribution in [0.4, 0.5) is 0 Å². The zero-order chi connectivity index (χ0) is 17.1. The molecule has 1 aromatic heterocycles. The van der Waals surface area contributed by atoms with Crippen molar-refractivity contribution in [3.63, 3.8) is 0 Å². The van der Waals surface area contributed by atoms with Gasteiger partial charge in [-0.25, -0.2) is 0 Å². The number of aryl methyl sites for hydroxylation is 2. The number of carboxylic acid groups (broad SMARTS) is 1. The molecule has 0 amide bonds. The van der Waals surface area contributed by atoms with Crippen LogP contribution in [0.5, 0.6) is 0 Å². The lowest BCUT2D eigenvalue weighted by Crippen LogP contribution is -2.41. The van der Waals surface area contributed by atoms with Crippen LogP contribution in [0.2, 0.25) is 0 Å². The summed E-state index contributed by atoms with van der Waals surface area (Å²) >= 11 is 0. The van der Waals surface area contributed by atoms with Gasteiger partial charge < -0.3 is 5.11 Å². The number of pyridine rings is 1. The Morgan fingerprint density at radius 3 is 2.88 bits per heavy atom. The second-order valence-electron chi connectivity index (χ2n) is 6.72. The van der Waals surface area contributed by atoms with E-state index in [9.17, 15) is 9.90 Å². The first-order chi connectivity index (χ1) is 11.6. The molecule has 2 heterocycles. The third-order valence-corrected chi connectivity index (χ3v) is 4.88. The van der Waals surface area contributed by atoms with Gasteiger partial charge in [0, 0.05) is 18.9 Å². The highest BCUT2D eigenvalue weighted by molar-refractivity contribution is 5.70. The van der Waals surface area contributed by atoms with Crippen LogP contribution in [0.3, 0.4) is 0 Å². The van der Waals surface area contributed by atoms with Crippen molar-refractivity contribution in [2.24, 2.45) is 5.92 Å². The van der Waals surface area contributed by atoms with Crippen molar-refractivity contribution in [1.82, 2.24) is 9.88 Å². The van der Waals surface area contributed by atoms with Crippen molar-refractivity contribution in [1.29, 1.82) is 0 Å². The van der Waals surface area contributed by atoms with E-state index < -0.39 is 5.97 Å². The number of carboxylic acids is 1. The average molecular weight is 324 g/mol. The van der Waals surface area contributed by atoms with Crippen LogP contribution >= 0.6 is 0 Å². The van der Waals surface area contributed by atoms with E-state index in [1.165, 1.54) is 16.7 Å². The van der Waals surface area contributed by atoms with Gasteiger partial charge in [-0.05, 0) is 56.0 Å². The van der Waals surface area contributed by atoms with Crippen LogP contribution in [-0.4, -0.2) is 34.0 Å². The van der Waals surface area contributed by atoms with Crippen LogP contribution in [0.25, 0.3) is 0 Å². The highest BCUT2D eigenvalue weighted by atomic mass is 16.4. The Kier molecular flexibility index (Phi) is 4.95. The van der Waals surface area contributed by atoms with Gasteiger partial charge in [-0.1, -0.05) is 29.8 Å². The van der Waals surface area contributed by atoms with Gasteiger partial charge in [0.25, 0.3) is 0 Å². The van der Waals surface area contributed by atoms with Crippen molar-refractivity contribution in [2.45, 2.75) is 32.7 Å². The van der Waals surface area contributed by atoms with Crippen molar-refractivity contribution >= 4 is 5.97 Å². The number of likely N-dealkylation sites (tertiary alicyclic amines) is 1. The number of hydrogen-bond donors (Lipinski definition) is 1. The highest BCUT2D eigenvalue weighted by Gasteiger charge is 2.31. The van der Waals surface area contributed by atoms with Gasteiger partial charge in [0.05, 0.1) is 12.0 Å². The van der Waals surface area contributed by atoms with Gasteiger partial charge in [0.2, 0.25) is 0 Å². The molecule has 3 rings (SSSR count). The van der Waals surface area contributed by atoms with Crippen molar-refractivity contribution in [2.75, 3.05) is 13.1 Å². The Labute approximate surface area is 143 Å².